The van der Waals surface area contributed by atoms with Gasteiger partial charge < -0.3 is 5.11 Å². The molecule has 1 unspecified atom stereocenters. The Morgan fingerprint density at radius 3 is 2.86 bits per heavy atom. The molecule has 21 heavy (non-hydrogen) atoms. The van der Waals surface area contributed by atoms with Crippen LogP contribution in [0.2, 0.25) is 0 Å². The van der Waals surface area contributed by atoms with E-state index in [0.29, 0.717) is 36.3 Å². The number of hydrogen-bond acceptors (Lipinski definition) is 5. The molecule has 0 saturated carbocycles. The van der Waals surface area contributed by atoms with Crippen LogP contribution in [0.3, 0.4) is 0 Å². The predicted octanol–water partition coefficient (Wildman–Crippen LogP) is 2.05. The minimum Gasteiger partial charge on any atom is -0.480 e. The van der Waals surface area contributed by atoms with Crippen LogP contribution in [-0.2, 0) is 11.3 Å². The summed E-state index contributed by atoms with van der Waals surface area (Å²) in [5.41, 5.74) is 1.70. The number of rotatable bonds is 4. The molecule has 0 aromatic carbocycles. The third kappa shape index (κ3) is 3.18. The molecule has 7 nitrogen and oxygen atoms in total. The van der Waals surface area contributed by atoms with Crippen molar-refractivity contribution in [1.29, 1.82) is 0 Å². The van der Waals surface area contributed by atoms with Crippen LogP contribution in [0.25, 0.3) is 0 Å². The van der Waals surface area contributed by atoms with Gasteiger partial charge in [0.1, 0.15) is 6.04 Å². The molecule has 1 N–H and O–H groups in total. The fraction of sp³-hybridized carbons (Fsp3) is 0.571. The van der Waals surface area contributed by atoms with Crippen LogP contribution in [-0.4, -0.2) is 38.5 Å². The van der Waals surface area contributed by atoms with Gasteiger partial charge in [-0.1, -0.05) is 6.42 Å². The topological polar surface area (TPSA) is 96.6 Å². The zero-order valence-electron chi connectivity index (χ0n) is 12.2. The number of aryl methyl sites for hydroxylation is 1. The van der Waals surface area contributed by atoms with Crippen molar-refractivity contribution in [3.05, 3.63) is 33.1 Å². The molecule has 1 saturated heterocycles. The van der Waals surface area contributed by atoms with Gasteiger partial charge in [0.2, 0.25) is 0 Å². The fourth-order valence-electron chi connectivity index (χ4n) is 2.86. The van der Waals surface area contributed by atoms with Gasteiger partial charge in [-0.25, -0.2) is 0 Å². The third-order valence-corrected chi connectivity index (χ3v) is 4.01. The molecular formula is C14H19N3O4. The zero-order chi connectivity index (χ0) is 15.6. The third-order valence-electron chi connectivity index (χ3n) is 4.01. The van der Waals surface area contributed by atoms with Crippen molar-refractivity contribution in [3.63, 3.8) is 0 Å². The largest absolute Gasteiger partial charge is 0.480 e. The van der Waals surface area contributed by atoms with E-state index in [0.717, 1.165) is 12.8 Å². The number of aliphatic carboxylic acids is 1. The maximum absolute atomic E-state index is 11.3. The summed E-state index contributed by atoms with van der Waals surface area (Å²) in [5.74, 6) is -0.839. The zero-order valence-corrected chi connectivity index (χ0v) is 12.2. The van der Waals surface area contributed by atoms with Crippen molar-refractivity contribution in [1.82, 2.24) is 9.88 Å². The summed E-state index contributed by atoms with van der Waals surface area (Å²) in [5, 5.41) is 20.4. The Balaban J connectivity index is 2.28. The van der Waals surface area contributed by atoms with Crippen LogP contribution >= 0.6 is 0 Å². The first-order valence-electron chi connectivity index (χ1n) is 6.98. The van der Waals surface area contributed by atoms with Gasteiger partial charge in [0.05, 0.1) is 10.6 Å². The number of pyridine rings is 1. The molecule has 1 aliphatic heterocycles. The lowest BCUT2D eigenvalue weighted by Crippen LogP contribution is -2.44. The standard InChI is InChI=1S/C14H19N3O4/c1-9-7-15-11(10(2)13(9)17(20)21)8-16-6-4-3-5-12(16)14(18)19/h7,12H,3-6,8H2,1-2H3,(H,18,19). The minimum absolute atomic E-state index is 0.0730. The van der Waals surface area contributed by atoms with Gasteiger partial charge in [0.15, 0.2) is 0 Å². The molecule has 114 valence electrons. The Bertz CT molecular complexity index is 574. The molecule has 1 atom stereocenters. The van der Waals surface area contributed by atoms with Crippen LogP contribution < -0.4 is 0 Å². The molecule has 1 aromatic rings. The first-order chi connectivity index (χ1) is 9.91. The number of nitrogens with zero attached hydrogens (tertiary/aromatic N) is 3. The van der Waals surface area contributed by atoms with Crippen LogP contribution in [0.4, 0.5) is 5.69 Å². The van der Waals surface area contributed by atoms with Gasteiger partial charge in [-0.2, -0.15) is 0 Å². The Morgan fingerprint density at radius 1 is 1.52 bits per heavy atom. The molecule has 0 amide bonds. The molecule has 2 heterocycles. The van der Waals surface area contributed by atoms with Crippen LogP contribution in [0.5, 0.6) is 0 Å². The van der Waals surface area contributed by atoms with Crippen molar-refractivity contribution < 1.29 is 14.8 Å². The number of piperidine rings is 1. The number of nitro groups is 1. The lowest BCUT2D eigenvalue weighted by Gasteiger charge is -2.32. The van der Waals surface area contributed by atoms with E-state index in [4.69, 9.17) is 0 Å². The monoisotopic (exact) mass is 293 g/mol. The molecule has 1 fully saturated rings. The second-order valence-corrected chi connectivity index (χ2v) is 5.44. The van der Waals surface area contributed by atoms with Gasteiger partial charge in [-0.3, -0.25) is 24.8 Å². The Labute approximate surface area is 122 Å². The summed E-state index contributed by atoms with van der Waals surface area (Å²) >= 11 is 0. The van der Waals surface area contributed by atoms with Crippen LogP contribution in [0, 0.1) is 24.0 Å². The second-order valence-electron chi connectivity index (χ2n) is 5.44. The minimum atomic E-state index is -0.839. The molecule has 0 bridgehead atoms. The van der Waals surface area contributed by atoms with Crippen molar-refractivity contribution in [2.45, 2.75) is 45.7 Å². The summed E-state index contributed by atoms with van der Waals surface area (Å²) in [4.78, 5) is 28.1. The molecule has 1 aromatic heterocycles. The van der Waals surface area contributed by atoms with E-state index in [2.05, 4.69) is 4.98 Å². The first kappa shape index (κ1) is 15.4. The molecule has 2 rings (SSSR count). The van der Waals surface area contributed by atoms with Crippen molar-refractivity contribution in [2.75, 3.05) is 6.54 Å². The normalized spacial score (nSPS) is 19.4. The maximum Gasteiger partial charge on any atom is 0.320 e. The Morgan fingerprint density at radius 2 is 2.24 bits per heavy atom. The number of aromatic nitrogens is 1. The van der Waals surface area contributed by atoms with E-state index in [9.17, 15) is 20.0 Å². The SMILES string of the molecule is Cc1cnc(CN2CCCCC2C(=O)O)c(C)c1[N+](=O)[O-]. The molecular weight excluding hydrogens is 274 g/mol. The number of hydrogen-bond donors (Lipinski definition) is 1. The Hall–Kier alpha value is -2.02. The maximum atomic E-state index is 11.3. The highest BCUT2D eigenvalue weighted by Gasteiger charge is 2.30. The number of carboxylic acid groups (broad SMARTS) is 1. The van der Waals surface area contributed by atoms with E-state index in [-0.39, 0.29) is 5.69 Å². The first-order valence-corrected chi connectivity index (χ1v) is 6.98. The fourth-order valence-corrected chi connectivity index (χ4v) is 2.86. The quantitative estimate of drug-likeness (QED) is 0.674. The lowest BCUT2D eigenvalue weighted by molar-refractivity contribution is -0.386. The summed E-state index contributed by atoms with van der Waals surface area (Å²) in [6.45, 7) is 4.35. The predicted molar refractivity (Wildman–Crippen MR) is 76.1 cm³/mol. The second kappa shape index (κ2) is 6.17. The van der Waals surface area contributed by atoms with Gasteiger partial charge in [0.25, 0.3) is 5.69 Å². The summed E-state index contributed by atoms with van der Waals surface area (Å²) < 4.78 is 0. The van der Waals surface area contributed by atoms with E-state index in [1.54, 1.807) is 13.8 Å². The highest BCUT2D eigenvalue weighted by atomic mass is 16.6. The van der Waals surface area contributed by atoms with Crippen molar-refractivity contribution >= 4 is 11.7 Å². The molecule has 1 aliphatic rings. The summed E-state index contributed by atoms with van der Waals surface area (Å²) in [7, 11) is 0. The molecule has 0 spiro atoms. The van der Waals surface area contributed by atoms with E-state index in [1.165, 1.54) is 6.20 Å². The summed E-state index contributed by atoms with van der Waals surface area (Å²) in [6, 6.07) is -0.527. The molecule has 0 aliphatic carbocycles. The molecule has 0 radical (unpaired) electrons. The lowest BCUT2D eigenvalue weighted by atomic mass is 10.0. The van der Waals surface area contributed by atoms with Crippen LogP contribution in [0.15, 0.2) is 6.20 Å². The number of likely N-dealkylation sites (tertiary alicyclic amines) is 1. The summed E-state index contributed by atoms with van der Waals surface area (Å²) in [6.07, 6.45) is 3.94. The van der Waals surface area contributed by atoms with Gasteiger partial charge in [-0.15, -0.1) is 0 Å². The average Bonchev–Trinajstić information content (AvgIpc) is 2.42. The van der Waals surface area contributed by atoms with E-state index >= 15 is 0 Å². The van der Waals surface area contributed by atoms with Crippen molar-refractivity contribution in [2.24, 2.45) is 0 Å². The highest BCUT2D eigenvalue weighted by Crippen LogP contribution is 2.26. The van der Waals surface area contributed by atoms with Gasteiger partial charge in [0, 0.05) is 23.9 Å². The highest BCUT2D eigenvalue weighted by molar-refractivity contribution is 5.73. The van der Waals surface area contributed by atoms with Gasteiger partial charge in [-0.05, 0) is 33.2 Å². The van der Waals surface area contributed by atoms with E-state index in [1.807, 2.05) is 4.90 Å². The van der Waals surface area contributed by atoms with Crippen LogP contribution in [0.1, 0.15) is 36.1 Å². The number of carbonyl (C=O) groups is 1. The average molecular weight is 293 g/mol. The number of carboxylic acids is 1. The Kier molecular flexibility index (Phi) is 4.52. The molecule has 7 heteroatoms. The smallest absolute Gasteiger partial charge is 0.320 e. The van der Waals surface area contributed by atoms with Gasteiger partial charge >= 0.3 is 5.97 Å². The van der Waals surface area contributed by atoms with Crippen molar-refractivity contribution in [3.8, 4) is 0 Å². The van der Waals surface area contributed by atoms with E-state index < -0.39 is 16.9 Å².